The normalized spacial score (nSPS) is 21.6. The van der Waals surface area contributed by atoms with Gasteiger partial charge in [-0.3, -0.25) is 0 Å². The van der Waals surface area contributed by atoms with Gasteiger partial charge in [0.05, 0.1) is 13.2 Å². The molecule has 23 heavy (non-hydrogen) atoms. The Morgan fingerprint density at radius 2 is 1.83 bits per heavy atom. The van der Waals surface area contributed by atoms with Crippen molar-refractivity contribution in [3.8, 4) is 0 Å². The Morgan fingerprint density at radius 1 is 1.00 bits per heavy atom. The number of anilines is 1. The fraction of sp³-hybridized carbons (Fsp3) is 0.400. The molecule has 1 unspecified atom stereocenters. The third-order valence-electron chi connectivity index (χ3n) is 5.01. The molecule has 2 aromatic rings. The predicted octanol–water partition coefficient (Wildman–Crippen LogP) is 3.15. The van der Waals surface area contributed by atoms with Crippen molar-refractivity contribution in [2.45, 2.75) is 18.9 Å². The van der Waals surface area contributed by atoms with E-state index in [0.29, 0.717) is 5.92 Å². The van der Waals surface area contributed by atoms with Crippen molar-refractivity contribution in [2.24, 2.45) is 0 Å². The standard InChI is InChI=1S/C20H24N2O/c1-2-4-16(5-3-1)20-8-9-21-15-17-14-18(6-7-19(17)20)22-10-12-23-13-11-22/h1-7,14,20-21H,8-13,15H2. The van der Waals surface area contributed by atoms with Gasteiger partial charge < -0.3 is 15.0 Å². The van der Waals surface area contributed by atoms with Crippen molar-refractivity contribution in [1.29, 1.82) is 0 Å². The van der Waals surface area contributed by atoms with Crippen molar-refractivity contribution >= 4 is 5.69 Å². The van der Waals surface area contributed by atoms with E-state index in [-0.39, 0.29) is 0 Å². The molecular weight excluding hydrogens is 284 g/mol. The van der Waals surface area contributed by atoms with E-state index in [4.69, 9.17) is 4.74 Å². The third-order valence-corrected chi connectivity index (χ3v) is 5.01. The number of fused-ring (bicyclic) bond motifs is 1. The molecule has 2 aliphatic heterocycles. The molecule has 0 aromatic heterocycles. The molecule has 2 heterocycles. The van der Waals surface area contributed by atoms with E-state index in [1.165, 1.54) is 22.4 Å². The molecule has 0 bridgehead atoms. The monoisotopic (exact) mass is 308 g/mol. The molecule has 1 saturated heterocycles. The van der Waals surface area contributed by atoms with Crippen LogP contribution < -0.4 is 10.2 Å². The Hall–Kier alpha value is -1.84. The average molecular weight is 308 g/mol. The van der Waals surface area contributed by atoms with Crippen molar-refractivity contribution in [2.75, 3.05) is 37.7 Å². The van der Waals surface area contributed by atoms with Gasteiger partial charge in [-0.2, -0.15) is 0 Å². The second-order valence-corrected chi connectivity index (χ2v) is 6.41. The Bertz CT molecular complexity index is 650. The molecule has 0 saturated carbocycles. The molecule has 0 spiro atoms. The van der Waals surface area contributed by atoms with Crippen LogP contribution in [0.3, 0.4) is 0 Å². The highest BCUT2D eigenvalue weighted by atomic mass is 16.5. The SMILES string of the molecule is c1ccc(C2CCNCc3cc(N4CCOCC4)ccc32)cc1. The number of hydrogen-bond acceptors (Lipinski definition) is 3. The molecule has 0 radical (unpaired) electrons. The molecule has 1 N–H and O–H groups in total. The van der Waals surface area contributed by atoms with Gasteiger partial charge in [-0.1, -0.05) is 36.4 Å². The van der Waals surface area contributed by atoms with Gasteiger partial charge in [-0.15, -0.1) is 0 Å². The third kappa shape index (κ3) is 3.12. The second kappa shape index (κ2) is 6.73. The van der Waals surface area contributed by atoms with Crippen LogP contribution in [-0.2, 0) is 11.3 Å². The molecule has 0 aliphatic carbocycles. The molecule has 0 amide bonds. The van der Waals surface area contributed by atoms with Crippen LogP contribution in [0.5, 0.6) is 0 Å². The average Bonchev–Trinajstić information content (AvgIpc) is 2.85. The highest BCUT2D eigenvalue weighted by Gasteiger charge is 2.21. The first-order valence-electron chi connectivity index (χ1n) is 8.63. The van der Waals surface area contributed by atoms with Gasteiger partial charge in [-0.25, -0.2) is 0 Å². The van der Waals surface area contributed by atoms with Gasteiger partial charge in [0.2, 0.25) is 0 Å². The van der Waals surface area contributed by atoms with E-state index < -0.39 is 0 Å². The summed E-state index contributed by atoms with van der Waals surface area (Å²) in [5.41, 5.74) is 5.69. The summed E-state index contributed by atoms with van der Waals surface area (Å²) in [4.78, 5) is 2.44. The van der Waals surface area contributed by atoms with E-state index in [9.17, 15) is 0 Å². The number of morpholine rings is 1. The summed E-state index contributed by atoms with van der Waals surface area (Å²) >= 11 is 0. The number of nitrogens with one attached hydrogen (secondary N) is 1. The zero-order chi connectivity index (χ0) is 15.5. The summed E-state index contributed by atoms with van der Waals surface area (Å²) in [6, 6.07) is 17.9. The van der Waals surface area contributed by atoms with Crippen LogP contribution in [0.15, 0.2) is 48.5 Å². The van der Waals surface area contributed by atoms with Crippen LogP contribution in [-0.4, -0.2) is 32.8 Å². The molecule has 2 aromatic carbocycles. The van der Waals surface area contributed by atoms with Crippen molar-refractivity contribution in [1.82, 2.24) is 5.32 Å². The lowest BCUT2D eigenvalue weighted by Crippen LogP contribution is -2.36. The van der Waals surface area contributed by atoms with Crippen LogP contribution >= 0.6 is 0 Å². The number of benzene rings is 2. The van der Waals surface area contributed by atoms with E-state index in [2.05, 4.69) is 58.7 Å². The minimum Gasteiger partial charge on any atom is -0.378 e. The van der Waals surface area contributed by atoms with Crippen molar-refractivity contribution in [3.05, 3.63) is 65.2 Å². The van der Waals surface area contributed by atoms with Gasteiger partial charge >= 0.3 is 0 Å². The summed E-state index contributed by atoms with van der Waals surface area (Å²) in [6.45, 7) is 5.70. The summed E-state index contributed by atoms with van der Waals surface area (Å²) in [5, 5.41) is 3.59. The topological polar surface area (TPSA) is 24.5 Å². The predicted molar refractivity (Wildman–Crippen MR) is 94.1 cm³/mol. The van der Waals surface area contributed by atoms with Gasteiger partial charge in [0, 0.05) is 31.2 Å². The molecule has 2 aliphatic rings. The Balaban J connectivity index is 1.68. The van der Waals surface area contributed by atoms with Gasteiger partial charge in [0.25, 0.3) is 0 Å². The summed E-state index contributed by atoms with van der Waals surface area (Å²) in [7, 11) is 0. The maximum atomic E-state index is 5.47. The fourth-order valence-electron chi connectivity index (χ4n) is 3.76. The minimum absolute atomic E-state index is 0.500. The minimum atomic E-state index is 0.500. The van der Waals surface area contributed by atoms with E-state index in [1.807, 2.05) is 0 Å². The van der Waals surface area contributed by atoms with Crippen molar-refractivity contribution < 1.29 is 4.74 Å². The van der Waals surface area contributed by atoms with Crippen LogP contribution in [0.2, 0.25) is 0 Å². The highest BCUT2D eigenvalue weighted by Crippen LogP contribution is 2.34. The summed E-state index contributed by atoms with van der Waals surface area (Å²) < 4.78 is 5.47. The molecule has 120 valence electrons. The van der Waals surface area contributed by atoms with E-state index >= 15 is 0 Å². The maximum Gasteiger partial charge on any atom is 0.0642 e. The molecule has 4 rings (SSSR count). The lowest BCUT2D eigenvalue weighted by Gasteiger charge is -2.30. The summed E-state index contributed by atoms with van der Waals surface area (Å²) in [6.07, 6.45) is 1.16. The number of hydrogen-bond donors (Lipinski definition) is 1. The van der Waals surface area contributed by atoms with E-state index in [0.717, 1.165) is 45.8 Å². The Kier molecular flexibility index (Phi) is 4.31. The number of rotatable bonds is 2. The summed E-state index contributed by atoms with van der Waals surface area (Å²) in [5.74, 6) is 0.500. The molecule has 3 nitrogen and oxygen atoms in total. The largest absolute Gasteiger partial charge is 0.378 e. The smallest absolute Gasteiger partial charge is 0.0642 e. The van der Waals surface area contributed by atoms with Crippen LogP contribution in [0.4, 0.5) is 5.69 Å². The van der Waals surface area contributed by atoms with Crippen LogP contribution in [0, 0.1) is 0 Å². The van der Waals surface area contributed by atoms with Gasteiger partial charge in [0.1, 0.15) is 0 Å². The fourth-order valence-corrected chi connectivity index (χ4v) is 3.76. The number of ether oxygens (including phenoxy) is 1. The highest BCUT2D eigenvalue weighted by molar-refractivity contribution is 5.53. The number of nitrogens with zero attached hydrogens (tertiary/aromatic N) is 1. The Morgan fingerprint density at radius 3 is 2.65 bits per heavy atom. The quantitative estimate of drug-likeness (QED) is 0.922. The molecular formula is C20H24N2O. The van der Waals surface area contributed by atoms with Gasteiger partial charge in [0.15, 0.2) is 0 Å². The van der Waals surface area contributed by atoms with Crippen molar-refractivity contribution in [3.63, 3.8) is 0 Å². The lowest BCUT2D eigenvalue weighted by molar-refractivity contribution is 0.122. The lowest BCUT2D eigenvalue weighted by atomic mass is 9.86. The zero-order valence-corrected chi connectivity index (χ0v) is 13.5. The van der Waals surface area contributed by atoms with Crippen LogP contribution in [0.1, 0.15) is 29.0 Å². The Labute approximate surface area is 138 Å². The molecule has 1 atom stereocenters. The first-order valence-corrected chi connectivity index (χ1v) is 8.63. The molecule has 1 fully saturated rings. The maximum absolute atomic E-state index is 5.47. The molecule has 3 heteroatoms. The first-order chi connectivity index (χ1) is 11.4. The zero-order valence-electron chi connectivity index (χ0n) is 13.5. The van der Waals surface area contributed by atoms with Crippen LogP contribution in [0.25, 0.3) is 0 Å². The first kappa shape index (κ1) is 14.7. The second-order valence-electron chi connectivity index (χ2n) is 6.41. The van der Waals surface area contributed by atoms with Gasteiger partial charge in [-0.05, 0) is 41.8 Å². The van der Waals surface area contributed by atoms with E-state index in [1.54, 1.807) is 0 Å².